The van der Waals surface area contributed by atoms with Gasteiger partial charge < -0.3 is 14.4 Å². The van der Waals surface area contributed by atoms with Gasteiger partial charge in [0.25, 0.3) is 0 Å². The van der Waals surface area contributed by atoms with Crippen LogP contribution in [0.25, 0.3) is 82.1 Å². The maximum absolute atomic E-state index is 2.56. The van der Waals surface area contributed by atoms with E-state index in [4.69, 9.17) is 0 Å². The molecule has 2 aliphatic rings. The van der Waals surface area contributed by atoms with E-state index in [9.17, 15) is 0 Å². The van der Waals surface area contributed by atoms with Crippen LogP contribution in [0.5, 0.6) is 0 Å². The van der Waals surface area contributed by atoms with Crippen LogP contribution in [0.1, 0.15) is 25.0 Å². The number of hydrogen-bond acceptors (Lipinski definition) is 2. The summed E-state index contributed by atoms with van der Waals surface area (Å²) in [4.78, 5) is 4.97. The second-order valence-corrected chi connectivity index (χ2v) is 26.0. The monoisotopic (exact) mass is 975 g/mol. The lowest BCUT2D eigenvalue weighted by Gasteiger charge is -2.36. The summed E-state index contributed by atoms with van der Waals surface area (Å²) >= 11 is 0. The van der Waals surface area contributed by atoms with Crippen molar-refractivity contribution in [3.05, 3.63) is 260 Å². The van der Waals surface area contributed by atoms with E-state index in [1.54, 1.807) is 0 Å². The lowest BCUT2D eigenvalue weighted by molar-refractivity contribution is 0.660. The Morgan fingerprint density at radius 1 is 0.333 bits per heavy atom. The highest BCUT2D eigenvalue weighted by Gasteiger charge is 2.38. The molecule has 0 unspecified atom stereocenters. The molecule has 2 heterocycles. The zero-order valence-electron chi connectivity index (χ0n) is 42.5. The molecule has 0 radical (unpaired) electrons. The van der Waals surface area contributed by atoms with Gasteiger partial charge in [-0.15, -0.1) is 0 Å². The van der Waals surface area contributed by atoms with E-state index in [0.717, 1.165) is 34.1 Å². The van der Waals surface area contributed by atoms with Gasteiger partial charge >= 0.3 is 0 Å². The Bertz CT molecular complexity index is 4480. The first-order valence-electron chi connectivity index (χ1n) is 26.3. The lowest BCUT2D eigenvalue weighted by Crippen LogP contribution is -2.56. The molecule has 0 fully saturated rings. The highest BCUT2D eigenvalue weighted by atomic mass is 28.3. The van der Waals surface area contributed by atoms with E-state index < -0.39 is 8.07 Å². The molecular weight excluding hydrogens is 923 g/mol. The Balaban J connectivity index is 0.920. The first kappa shape index (κ1) is 43.6. The zero-order valence-corrected chi connectivity index (χ0v) is 43.5. The molecule has 75 heavy (non-hydrogen) atoms. The van der Waals surface area contributed by atoms with Gasteiger partial charge in [-0.2, -0.15) is 0 Å². The summed E-state index contributed by atoms with van der Waals surface area (Å²) in [5, 5.41) is 13.2. The number of fused-ring (bicyclic) bond motifs is 12. The minimum atomic E-state index is -2.33. The highest BCUT2D eigenvalue weighted by molar-refractivity contribution is 7.03. The van der Waals surface area contributed by atoms with E-state index >= 15 is 0 Å². The van der Waals surface area contributed by atoms with Crippen LogP contribution in [0.15, 0.2) is 249 Å². The zero-order chi connectivity index (χ0) is 50.2. The fourth-order valence-corrected chi connectivity index (χ4v) is 16.4. The maximum Gasteiger partial charge on any atom is 0.113 e. The Labute approximate surface area is 438 Å². The van der Waals surface area contributed by atoms with Gasteiger partial charge in [0.05, 0.1) is 16.7 Å². The van der Waals surface area contributed by atoms with Crippen molar-refractivity contribution < 1.29 is 0 Å². The molecule has 12 aromatic carbocycles. The molecule has 3 nitrogen and oxygen atoms in total. The molecule has 13 aromatic rings. The number of hydrogen-bond donors (Lipinski definition) is 0. The van der Waals surface area contributed by atoms with Gasteiger partial charge in [-0.1, -0.05) is 179 Å². The third-order valence-corrected chi connectivity index (χ3v) is 20.4. The fourth-order valence-electron chi connectivity index (χ4n) is 13.3. The first-order valence-corrected chi connectivity index (χ1v) is 29.3. The molecule has 0 saturated carbocycles. The number of anilines is 6. The average Bonchev–Trinajstić information content (AvgIpc) is 3.96. The topological polar surface area (TPSA) is 11.4 Å². The number of para-hydroxylation sites is 4. The molecule has 0 bridgehead atoms. The van der Waals surface area contributed by atoms with Gasteiger partial charge in [-0.3, -0.25) is 0 Å². The Morgan fingerprint density at radius 2 is 0.893 bits per heavy atom. The smallest absolute Gasteiger partial charge is 0.113 e. The van der Waals surface area contributed by atoms with E-state index in [1.807, 2.05) is 0 Å². The van der Waals surface area contributed by atoms with Crippen LogP contribution >= 0.6 is 0 Å². The fraction of sp³-hybridized carbons (Fsp3) is 0.0704. The lowest BCUT2D eigenvalue weighted by atomic mass is 9.82. The number of nitrogens with zero attached hydrogens (tertiary/aromatic N) is 3. The Hall–Kier alpha value is -8.96. The predicted octanol–water partition coefficient (Wildman–Crippen LogP) is 18.3. The number of aromatic nitrogens is 1. The number of benzene rings is 12. The highest BCUT2D eigenvalue weighted by Crippen LogP contribution is 2.52. The summed E-state index contributed by atoms with van der Waals surface area (Å²) in [5.74, 6) is 0. The maximum atomic E-state index is 2.56. The predicted molar refractivity (Wildman–Crippen MR) is 322 cm³/mol. The largest absolute Gasteiger partial charge is 0.310 e. The summed E-state index contributed by atoms with van der Waals surface area (Å²) in [6.45, 7) is 9.87. The van der Waals surface area contributed by atoms with Crippen LogP contribution in [0.4, 0.5) is 34.1 Å². The van der Waals surface area contributed by atoms with Gasteiger partial charge in [-0.05, 0) is 168 Å². The van der Waals surface area contributed by atoms with Crippen LogP contribution in [-0.2, 0) is 5.41 Å². The molecule has 0 atom stereocenters. The molecule has 1 aromatic heterocycles. The molecule has 1 aliphatic carbocycles. The van der Waals surface area contributed by atoms with E-state index in [0.29, 0.717) is 0 Å². The van der Waals surface area contributed by atoms with Gasteiger partial charge in [0, 0.05) is 55.7 Å². The summed E-state index contributed by atoms with van der Waals surface area (Å²) in [7, 11) is -2.33. The first-order chi connectivity index (χ1) is 36.7. The molecule has 4 heteroatoms. The summed E-state index contributed by atoms with van der Waals surface area (Å²) in [5.41, 5.74) is 18.4. The molecule has 0 spiro atoms. The van der Waals surface area contributed by atoms with Crippen LogP contribution in [0.3, 0.4) is 0 Å². The van der Waals surface area contributed by atoms with Crippen molar-refractivity contribution in [3.63, 3.8) is 0 Å². The summed E-state index contributed by atoms with van der Waals surface area (Å²) < 4.78 is 2.40. The van der Waals surface area contributed by atoms with E-state index in [1.165, 1.54) is 104 Å². The second kappa shape index (κ2) is 16.3. The van der Waals surface area contributed by atoms with Crippen molar-refractivity contribution in [1.29, 1.82) is 0 Å². The van der Waals surface area contributed by atoms with Crippen molar-refractivity contribution in [2.45, 2.75) is 32.4 Å². The van der Waals surface area contributed by atoms with Crippen molar-refractivity contribution >= 4 is 107 Å². The number of rotatable bonds is 7. The minimum absolute atomic E-state index is 0.125. The van der Waals surface area contributed by atoms with E-state index in [-0.39, 0.29) is 5.41 Å². The average molecular weight is 976 g/mol. The normalized spacial score (nSPS) is 13.8. The van der Waals surface area contributed by atoms with Crippen molar-refractivity contribution in [1.82, 2.24) is 4.57 Å². The van der Waals surface area contributed by atoms with Crippen molar-refractivity contribution in [2.75, 3.05) is 9.80 Å². The molecule has 0 saturated heterocycles. The summed E-state index contributed by atoms with van der Waals surface area (Å²) in [6, 6.07) is 93.1. The van der Waals surface area contributed by atoms with Crippen LogP contribution in [0, 0.1) is 0 Å². The Kier molecular flexibility index (Phi) is 9.46. The van der Waals surface area contributed by atoms with Crippen LogP contribution < -0.4 is 20.2 Å². The minimum Gasteiger partial charge on any atom is -0.310 e. The van der Waals surface area contributed by atoms with Crippen molar-refractivity contribution in [2.24, 2.45) is 0 Å². The van der Waals surface area contributed by atoms with Crippen LogP contribution in [-0.4, -0.2) is 12.6 Å². The van der Waals surface area contributed by atoms with E-state index in [2.05, 4.69) is 290 Å². The molecule has 0 amide bonds. The van der Waals surface area contributed by atoms with Crippen LogP contribution in [0.2, 0.25) is 13.1 Å². The molecule has 15 rings (SSSR count). The molecule has 356 valence electrons. The quantitative estimate of drug-likeness (QED) is 0.116. The Morgan fingerprint density at radius 3 is 1.67 bits per heavy atom. The van der Waals surface area contributed by atoms with Crippen molar-refractivity contribution in [3.8, 4) is 27.9 Å². The molecule has 1 aliphatic heterocycles. The standard InChI is InChI=1S/C71H53N3Si/c1-71(2)63-32-18-16-28-53(63)54-38-35-50(42-64(54)71)73(47-23-10-6-11-24-47)67-45-60-58-31-20-34-68-70(58)62(44-59(60)52-27-14-15-29-55(52)67)57-39-36-51(43-69(57)75(68,3)4)72(46-21-8-5-9-22-46)49-37-40-66-61(41-49)56-30-17-19-33-65(56)74(66)48-25-12-7-13-26-48/h5-45H,1-4H3. The van der Waals surface area contributed by atoms with Gasteiger partial charge in [-0.25, -0.2) is 0 Å². The second-order valence-electron chi connectivity index (χ2n) is 21.7. The third kappa shape index (κ3) is 6.39. The molecular formula is C71H53N3Si. The van der Waals surface area contributed by atoms with Gasteiger partial charge in [0.15, 0.2) is 0 Å². The summed E-state index contributed by atoms with van der Waals surface area (Å²) in [6.07, 6.45) is 0. The van der Waals surface area contributed by atoms with Gasteiger partial charge in [0.2, 0.25) is 0 Å². The SMILES string of the molecule is CC1(C)c2ccccc2-c2ccc(N(c3ccccc3)c3cc4c5cccc6c5c(cc4c4ccccc34)-c3ccc(N(c4ccccc4)c4ccc5c(c4)c4ccccc4n5-c4ccccc4)cc3[Si]6(C)C)cc21. The van der Waals surface area contributed by atoms with Gasteiger partial charge in [0.1, 0.15) is 8.07 Å². The third-order valence-electron chi connectivity index (χ3n) is 16.9. The molecule has 0 N–H and O–H groups in total.